The number of nitrogen functional groups attached to an aromatic ring is 2. The molecular formula is C16H22N2. The van der Waals surface area contributed by atoms with Gasteiger partial charge >= 0.3 is 0 Å². The molecule has 0 aromatic heterocycles. The Morgan fingerprint density at radius 1 is 0.611 bits per heavy atom. The Labute approximate surface area is 110 Å². The molecule has 2 aromatic carbocycles. The van der Waals surface area contributed by atoms with E-state index in [-0.39, 0.29) is 1.43 Å². The summed E-state index contributed by atoms with van der Waals surface area (Å²) in [5.41, 5.74) is 20.6. The quantitative estimate of drug-likeness (QED) is 0.743. The minimum Gasteiger partial charge on any atom is -0.398 e. The number of nitrogens with two attached hydrogens (primary N) is 2. The highest BCUT2D eigenvalue weighted by molar-refractivity contribution is 5.73. The lowest BCUT2D eigenvalue weighted by atomic mass is 9.95. The summed E-state index contributed by atoms with van der Waals surface area (Å²) in [5, 5.41) is 0. The molecule has 2 rings (SSSR count). The van der Waals surface area contributed by atoms with E-state index in [9.17, 15) is 0 Å². The van der Waals surface area contributed by atoms with Crippen molar-refractivity contribution >= 4 is 11.4 Å². The first-order chi connectivity index (χ1) is 8.40. The smallest absolute Gasteiger partial charge is 0.0373 e. The molecular weight excluding hydrogens is 220 g/mol. The number of hydrogen-bond donors (Lipinski definition) is 2. The van der Waals surface area contributed by atoms with Gasteiger partial charge in [-0.3, -0.25) is 0 Å². The van der Waals surface area contributed by atoms with Crippen molar-refractivity contribution in [3.63, 3.8) is 0 Å². The van der Waals surface area contributed by atoms with Crippen LogP contribution in [-0.4, -0.2) is 0 Å². The third kappa shape index (κ3) is 2.06. The second kappa shape index (κ2) is 4.37. The average Bonchev–Trinajstić information content (AvgIpc) is 2.31. The minimum absolute atomic E-state index is 0. The zero-order chi connectivity index (χ0) is 13.4. The second-order valence-corrected chi connectivity index (χ2v) is 5.05. The van der Waals surface area contributed by atoms with Gasteiger partial charge in [-0.25, -0.2) is 0 Å². The lowest BCUT2D eigenvalue weighted by molar-refractivity contribution is 1.36. The average molecular weight is 242 g/mol. The van der Waals surface area contributed by atoms with Crippen molar-refractivity contribution in [2.75, 3.05) is 11.5 Å². The van der Waals surface area contributed by atoms with Crippen LogP contribution in [0.5, 0.6) is 0 Å². The van der Waals surface area contributed by atoms with Crippen LogP contribution >= 0.6 is 0 Å². The van der Waals surface area contributed by atoms with E-state index in [4.69, 9.17) is 11.5 Å². The molecule has 0 saturated carbocycles. The highest BCUT2D eigenvalue weighted by Crippen LogP contribution is 2.30. The Morgan fingerprint density at radius 2 is 0.833 bits per heavy atom. The van der Waals surface area contributed by atoms with Gasteiger partial charge in [-0.1, -0.05) is 0 Å². The van der Waals surface area contributed by atoms with Crippen molar-refractivity contribution in [3.05, 3.63) is 46.5 Å². The fourth-order valence-electron chi connectivity index (χ4n) is 2.28. The molecule has 2 heteroatoms. The molecule has 0 fully saturated rings. The highest BCUT2D eigenvalue weighted by atomic mass is 14.6. The molecule has 0 amide bonds. The van der Waals surface area contributed by atoms with Gasteiger partial charge in [-0.05, 0) is 85.3 Å². The van der Waals surface area contributed by atoms with Crippen LogP contribution < -0.4 is 11.5 Å². The summed E-state index contributed by atoms with van der Waals surface area (Å²) in [6.45, 7) is 8.18. The predicted octanol–water partition coefficient (Wildman–Crippen LogP) is 4.00. The number of anilines is 2. The van der Waals surface area contributed by atoms with Gasteiger partial charge in [0.15, 0.2) is 0 Å². The van der Waals surface area contributed by atoms with Crippen molar-refractivity contribution in [2.24, 2.45) is 0 Å². The van der Waals surface area contributed by atoms with Gasteiger partial charge < -0.3 is 11.5 Å². The first-order valence-corrected chi connectivity index (χ1v) is 6.14. The molecule has 0 aliphatic heterocycles. The zero-order valence-electron chi connectivity index (χ0n) is 11.5. The minimum atomic E-state index is 0. The third-order valence-electron chi connectivity index (χ3n) is 3.52. The summed E-state index contributed by atoms with van der Waals surface area (Å²) in [5.74, 6) is 0. The summed E-state index contributed by atoms with van der Waals surface area (Å²) in [7, 11) is 0. The van der Waals surface area contributed by atoms with E-state index in [1.807, 2.05) is 27.7 Å². The molecule has 96 valence electrons. The largest absolute Gasteiger partial charge is 0.398 e. The van der Waals surface area contributed by atoms with E-state index in [0.29, 0.717) is 0 Å². The number of hydrogen-bond acceptors (Lipinski definition) is 2. The van der Waals surface area contributed by atoms with Crippen molar-refractivity contribution in [1.29, 1.82) is 0 Å². The molecule has 2 nitrogen and oxygen atoms in total. The van der Waals surface area contributed by atoms with Crippen LogP contribution in [-0.2, 0) is 0 Å². The lowest BCUT2D eigenvalue weighted by Gasteiger charge is -2.12. The topological polar surface area (TPSA) is 52.0 Å². The van der Waals surface area contributed by atoms with Gasteiger partial charge in [-0.15, -0.1) is 0 Å². The van der Waals surface area contributed by atoms with Gasteiger partial charge in [0.05, 0.1) is 0 Å². The Hall–Kier alpha value is -1.96. The highest BCUT2D eigenvalue weighted by Gasteiger charge is 2.07. The normalized spacial score (nSPS) is 10.7. The monoisotopic (exact) mass is 242 g/mol. The van der Waals surface area contributed by atoms with Crippen LogP contribution in [0.3, 0.4) is 0 Å². The molecule has 0 aliphatic carbocycles. The maximum atomic E-state index is 5.99. The van der Waals surface area contributed by atoms with Gasteiger partial charge in [0.1, 0.15) is 0 Å². The summed E-state index contributed by atoms with van der Waals surface area (Å²) in [6, 6.07) is 8.53. The van der Waals surface area contributed by atoms with E-state index in [1.165, 1.54) is 11.1 Å². The number of rotatable bonds is 1. The van der Waals surface area contributed by atoms with Crippen LogP contribution in [0, 0.1) is 27.7 Å². The fraction of sp³-hybridized carbons (Fsp3) is 0.250. The van der Waals surface area contributed by atoms with Gasteiger partial charge in [0.25, 0.3) is 0 Å². The fourth-order valence-corrected chi connectivity index (χ4v) is 2.28. The van der Waals surface area contributed by atoms with E-state index < -0.39 is 0 Å². The van der Waals surface area contributed by atoms with Crippen molar-refractivity contribution in [3.8, 4) is 11.1 Å². The van der Waals surface area contributed by atoms with E-state index in [1.54, 1.807) is 0 Å². The molecule has 0 spiro atoms. The van der Waals surface area contributed by atoms with Crippen LogP contribution in [0.4, 0.5) is 11.4 Å². The Balaban J connectivity index is 0.00000180. The second-order valence-electron chi connectivity index (χ2n) is 5.05. The molecule has 18 heavy (non-hydrogen) atoms. The van der Waals surface area contributed by atoms with Gasteiger partial charge in [-0.2, -0.15) is 0 Å². The molecule has 2 aromatic rings. The molecule has 4 N–H and O–H groups in total. The Morgan fingerprint density at radius 3 is 1.06 bits per heavy atom. The van der Waals surface area contributed by atoms with Gasteiger partial charge in [0.2, 0.25) is 0 Å². The van der Waals surface area contributed by atoms with Crippen LogP contribution in [0.25, 0.3) is 11.1 Å². The first kappa shape index (κ1) is 12.5. The van der Waals surface area contributed by atoms with E-state index >= 15 is 0 Å². The van der Waals surface area contributed by atoms with Crippen LogP contribution in [0.2, 0.25) is 0 Å². The summed E-state index contributed by atoms with van der Waals surface area (Å²) < 4.78 is 0. The summed E-state index contributed by atoms with van der Waals surface area (Å²) in [6.07, 6.45) is 0. The molecule has 0 aliphatic rings. The Bertz CT molecular complexity index is 517. The molecule has 0 atom stereocenters. The summed E-state index contributed by atoms with van der Waals surface area (Å²) in [4.78, 5) is 0. The maximum absolute atomic E-state index is 5.99. The first-order valence-electron chi connectivity index (χ1n) is 6.14. The zero-order valence-corrected chi connectivity index (χ0v) is 11.5. The Kier molecular flexibility index (Phi) is 3.04. The lowest BCUT2D eigenvalue weighted by Crippen LogP contribution is -1.97. The van der Waals surface area contributed by atoms with Crippen LogP contribution in [0.15, 0.2) is 24.3 Å². The molecule has 0 unspecified atom stereocenters. The maximum Gasteiger partial charge on any atom is 0.0373 e. The standard InChI is InChI=1S/C16H20N2.H2/c1-9-5-13(6-10(2)15(9)17)14-7-11(3)16(18)12(4)8-14;/h5-8H,17-18H2,1-4H3;1H. The molecule has 0 saturated heterocycles. The third-order valence-corrected chi connectivity index (χ3v) is 3.52. The molecule has 0 heterocycles. The van der Waals surface area contributed by atoms with Crippen LogP contribution in [0.1, 0.15) is 23.7 Å². The van der Waals surface area contributed by atoms with Crippen molar-refractivity contribution in [2.45, 2.75) is 27.7 Å². The number of aryl methyl sites for hydroxylation is 4. The van der Waals surface area contributed by atoms with E-state index in [0.717, 1.165) is 33.6 Å². The predicted molar refractivity (Wildman–Crippen MR) is 81.8 cm³/mol. The van der Waals surface area contributed by atoms with E-state index in [2.05, 4.69) is 24.3 Å². The van der Waals surface area contributed by atoms with Crippen molar-refractivity contribution < 1.29 is 1.43 Å². The van der Waals surface area contributed by atoms with Crippen molar-refractivity contribution in [1.82, 2.24) is 0 Å². The molecule has 0 radical (unpaired) electrons. The van der Waals surface area contributed by atoms with Gasteiger partial charge in [0, 0.05) is 12.8 Å². The molecule has 0 bridgehead atoms. The SMILES string of the molecule is Cc1cc(-c2cc(C)c(N)c(C)c2)cc(C)c1N.[HH]. The summed E-state index contributed by atoms with van der Waals surface area (Å²) >= 11 is 0. The number of benzene rings is 2.